The summed E-state index contributed by atoms with van der Waals surface area (Å²) in [7, 11) is 1.58. The minimum atomic E-state index is -0.355. The highest BCUT2D eigenvalue weighted by atomic mass is 35.5. The first kappa shape index (κ1) is 21.1. The van der Waals surface area contributed by atoms with Crippen LogP contribution in [0.15, 0.2) is 23.9 Å². The molecule has 8 heteroatoms. The van der Waals surface area contributed by atoms with E-state index in [4.69, 9.17) is 27.9 Å². The van der Waals surface area contributed by atoms with Crippen molar-refractivity contribution < 1.29 is 19.4 Å². The summed E-state index contributed by atoms with van der Waals surface area (Å²) in [4.78, 5) is 29.6. The van der Waals surface area contributed by atoms with Crippen molar-refractivity contribution in [1.82, 2.24) is 9.80 Å². The van der Waals surface area contributed by atoms with Crippen LogP contribution in [0.25, 0.3) is 5.57 Å². The van der Waals surface area contributed by atoms with Gasteiger partial charge in [0.05, 0.1) is 10.6 Å². The number of carbonyl (C=O) groups is 2. The molecule has 0 spiro atoms. The van der Waals surface area contributed by atoms with Crippen LogP contribution in [0, 0.1) is 5.92 Å². The number of rotatable bonds is 7. The second-order valence-corrected chi connectivity index (χ2v) is 7.94. The zero-order chi connectivity index (χ0) is 20.3. The number of likely N-dealkylation sites (tertiary alicyclic amines) is 1. The number of aliphatic hydroxyl groups excluding tert-OH is 1. The Hall–Kier alpha value is -1.60. The predicted octanol–water partition coefficient (Wildman–Crippen LogP) is 2.81. The number of benzene rings is 1. The van der Waals surface area contributed by atoms with Gasteiger partial charge < -0.3 is 14.7 Å². The van der Waals surface area contributed by atoms with Crippen molar-refractivity contribution in [1.29, 1.82) is 0 Å². The van der Waals surface area contributed by atoms with Gasteiger partial charge in [0.15, 0.2) is 0 Å². The third-order valence-corrected chi connectivity index (χ3v) is 5.72. The number of carbonyl (C=O) groups excluding carboxylic acids is 2. The summed E-state index contributed by atoms with van der Waals surface area (Å²) in [5.74, 6) is -0.596. The van der Waals surface area contributed by atoms with Gasteiger partial charge in [0.1, 0.15) is 5.70 Å². The van der Waals surface area contributed by atoms with Crippen molar-refractivity contribution in [3.8, 4) is 0 Å². The van der Waals surface area contributed by atoms with Gasteiger partial charge in [-0.3, -0.25) is 14.5 Å². The maximum atomic E-state index is 13.2. The number of imide groups is 1. The Morgan fingerprint density at radius 3 is 2.71 bits per heavy atom. The second kappa shape index (κ2) is 9.27. The van der Waals surface area contributed by atoms with Crippen LogP contribution in [-0.4, -0.2) is 66.7 Å². The van der Waals surface area contributed by atoms with Crippen LogP contribution in [0.2, 0.25) is 10.0 Å². The normalized spacial score (nSPS) is 20.5. The van der Waals surface area contributed by atoms with E-state index in [1.807, 2.05) is 4.90 Å². The molecule has 0 aromatic heterocycles. The molecule has 2 aliphatic rings. The largest absolute Gasteiger partial charge is 0.396 e. The highest BCUT2D eigenvalue weighted by Crippen LogP contribution is 2.37. The van der Waals surface area contributed by atoms with Gasteiger partial charge in [-0.15, -0.1) is 0 Å². The third-order valence-electron chi connectivity index (χ3n) is 5.17. The monoisotopic (exact) mass is 426 g/mol. The van der Waals surface area contributed by atoms with Crippen LogP contribution in [0.3, 0.4) is 0 Å². The van der Waals surface area contributed by atoms with E-state index < -0.39 is 0 Å². The number of nitrogens with zero attached hydrogens (tertiary/aromatic N) is 2. The van der Waals surface area contributed by atoms with Crippen molar-refractivity contribution in [2.75, 3.05) is 40.0 Å². The molecule has 0 bridgehead atoms. The molecule has 0 radical (unpaired) electrons. The van der Waals surface area contributed by atoms with Crippen molar-refractivity contribution in [2.24, 2.45) is 5.92 Å². The van der Waals surface area contributed by atoms with Gasteiger partial charge in [-0.25, -0.2) is 0 Å². The molecule has 2 heterocycles. The molecule has 1 unspecified atom stereocenters. The standard InChI is InChI=1S/C20H24Cl2N2O4/c1-28-9-3-8-24-19(26)17(15-6-5-14(21)10-16(15)22)18(20(24)27)23-7-2-4-13(11-23)12-25/h5-6,10,13,25H,2-4,7-9,11-12H2,1H3. The highest BCUT2D eigenvalue weighted by molar-refractivity contribution is 6.41. The van der Waals surface area contributed by atoms with Gasteiger partial charge in [-0.05, 0) is 37.3 Å². The van der Waals surface area contributed by atoms with E-state index >= 15 is 0 Å². The Morgan fingerprint density at radius 1 is 1.25 bits per heavy atom. The Bertz CT molecular complexity index is 796. The predicted molar refractivity (Wildman–Crippen MR) is 108 cm³/mol. The molecule has 2 aliphatic heterocycles. The number of hydrogen-bond acceptors (Lipinski definition) is 5. The summed E-state index contributed by atoms with van der Waals surface area (Å²) in [6, 6.07) is 4.91. The quantitative estimate of drug-likeness (QED) is 0.536. The average Bonchev–Trinajstić information content (AvgIpc) is 2.93. The smallest absolute Gasteiger partial charge is 0.277 e. The van der Waals surface area contributed by atoms with E-state index in [0.717, 1.165) is 12.8 Å². The minimum absolute atomic E-state index is 0.0561. The van der Waals surface area contributed by atoms with E-state index in [1.54, 1.807) is 25.3 Å². The average molecular weight is 427 g/mol. The van der Waals surface area contributed by atoms with Crippen molar-refractivity contribution in [2.45, 2.75) is 19.3 Å². The molecule has 1 fully saturated rings. The van der Waals surface area contributed by atoms with Crippen molar-refractivity contribution in [3.05, 3.63) is 39.5 Å². The van der Waals surface area contributed by atoms with Gasteiger partial charge in [-0.1, -0.05) is 29.3 Å². The van der Waals surface area contributed by atoms with E-state index in [1.165, 1.54) is 4.90 Å². The topological polar surface area (TPSA) is 70.1 Å². The van der Waals surface area contributed by atoms with Gasteiger partial charge in [0.2, 0.25) is 0 Å². The first-order chi connectivity index (χ1) is 13.5. The first-order valence-corrected chi connectivity index (χ1v) is 10.1. The number of halogens is 2. The molecule has 1 aromatic rings. The highest BCUT2D eigenvalue weighted by Gasteiger charge is 2.42. The molecule has 1 saturated heterocycles. The van der Waals surface area contributed by atoms with Gasteiger partial charge in [-0.2, -0.15) is 0 Å². The van der Waals surface area contributed by atoms with Crippen LogP contribution >= 0.6 is 23.2 Å². The summed E-state index contributed by atoms with van der Waals surface area (Å²) in [6.07, 6.45) is 2.31. The van der Waals surface area contributed by atoms with Gasteiger partial charge >= 0.3 is 0 Å². The molecular weight excluding hydrogens is 403 g/mol. The first-order valence-electron chi connectivity index (χ1n) is 9.38. The van der Waals surface area contributed by atoms with Gasteiger partial charge in [0, 0.05) is 50.5 Å². The molecule has 3 rings (SSSR count). The zero-order valence-electron chi connectivity index (χ0n) is 15.8. The summed E-state index contributed by atoms with van der Waals surface area (Å²) >= 11 is 12.4. The van der Waals surface area contributed by atoms with E-state index in [2.05, 4.69) is 0 Å². The lowest BCUT2D eigenvalue weighted by molar-refractivity contribution is -0.137. The Kier molecular flexibility index (Phi) is 6.99. The lowest BCUT2D eigenvalue weighted by Gasteiger charge is -2.34. The number of aliphatic hydroxyl groups is 1. The molecular formula is C20H24Cl2N2O4. The number of piperidine rings is 1. The maximum absolute atomic E-state index is 13.2. The third kappa shape index (κ3) is 4.20. The SMILES string of the molecule is COCCCN1C(=O)C(c2ccc(Cl)cc2Cl)=C(N2CCCC(CO)C2)C1=O. The Balaban J connectivity index is 2.02. The fourth-order valence-corrected chi connectivity index (χ4v) is 4.28. The maximum Gasteiger partial charge on any atom is 0.277 e. The van der Waals surface area contributed by atoms with E-state index in [-0.39, 0.29) is 30.9 Å². The van der Waals surface area contributed by atoms with E-state index in [9.17, 15) is 14.7 Å². The summed E-state index contributed by atoms with van der Waals surface area (Å²) in [5, 5.41) is 10.4. The van der Waals surface area contributed by atoms with E-state index in [0.29, 0.717) is 53.0 Å². The fourth-order valence-electron chi connectivity index (χ4n) is 3.78. The van der Waals surface area contributed by atoms with Crippen LogP contribution in [-0.2, 0) is 14.3 Å². The number of amides is 2. The van der Waals surface area contributed by atoms with Crippen LogP contribution < -0.4 is 0 Å². The molecule has 152 valence electrons. The van der Waals surface area contributed by atoms with Gasteiger partial charge in [0.25, 0.3) is 11.8 Å². The van der Waals surface area contributed by atoms with Crippen LogP contribution in [0.4, 0.5) is 0 Å². The lowest BCUT2D eigenvalue weighted by atomic mass is 9.97. The Labute approximate surface area is 174 Å². The molecule has 1 N–H and O–H groups in total. The molecule has 6 nitrogen and oxygen atoms in total. The van der Waals surface area contributed by atoms with Crippen LogP contribution in [0.5, 0.6) is 0 Å². The zero-order valence-corrected chi connectivity index (χ0v) is 17.3. The Morgan fingerprint density at radius 2 is 2.04 bits per heavy atom. The number of ether oxygens (including phenoxy) is 1. The molecule has 28 heavy (non-hydrogen) atoms. The lowest BCUT2D eigenvalue weighted by Crippen LogP contribution is -2.40. The van der Waals surface area contributed by atoms with Crippen molar-refractivity contribution >= 4 is 40.6 Å². The number of methoxy groups -OCH3 is 1. The summed E-state index contributed by atoms with van der Waals surface area (Å²) in [6.45, 7) is 1.98. The summed E-state index contributed by atoms with van der Waals surface area (Å²) < 4.78 is 5.05. The molecule has 0 saturated carbocycles. The number of hydrogen-bond donors (Lipinski definition) is 1. The fraction of sp³-hybridized carbons (Fsp3) is 0.500. The molecule has 2 amide bonds. The molecule has 0 aliphatic carbocycles. The minimum Gasteiger partial charge on any atom is -0.396 e. The molecule has 1 atom stereocenters. The van der Waals surface area contributed by atoms with Crippen molar-refractivity contribution in [3.63, 3.8) is 0 Å². The summed E-state index contributed by atoms with van der Waals surface area (Å²) in [5.41, 5.74) is 1.17. The van der Waals surface area contributed by atoms with Crippen LogP contribution in [0.1, 0.15) is 24.8 Å². The second-order valence-electron chi connectivity index (χ2n) is 7.09. The molecule has 1 aromatic carbocycles.